The SMILES string of the molecule is Cc1noc(NS(=O)(=O)c2ccsc2NC(=O)c2c(C)c(C)c(CN)c3c2OCO3)c1Cl. The molecule has 0 bridgehead atoms. The quantitative estimate of drug-likeness (QED) is 0.467. The second-order valence-corrected chi connectivity index (χ2v) is 9.90. The Balaban J connectivity index is 1.67. The lowest BCUT2D eigenvalue weighted by Gasteiger charge is -2.16. The van der Waals surface area contributed by atoms with E-state index in [4.69, 9.17) is 31.3 Å². The second kappa shape index (κ2) is 8.28. The van der Waals surface area contributed by atoms with Gasteiger partial charge in [0.2, 0.25) is 6.79 Å². The van der Waals surface area contributed by atoms with Crippen molar-refractivity contribution in [2.45, 2.75) is 32.2 Å². The van der Waals surface area contributed by atoms with Gasteiger partial charge in [0.25, 0.3) is 21.8 Å². The third-order valence-electron chi connectivity index (χ3n) is 5.10. The van der Waals surface area contributed by atoms with E-state index in [9.17, 15) is 13.2 Å². The van der Waals surface area contributed by atoms with Gasteiger partial charge in [0.05, 0.1) is 5.56 Å². The number of hydrogen-bond acceptors (Lipinski definition) is 9. The van der Waals surface area contributed by atoms with Gasteiger partial charge in [-0.25, -0.2) is 13.1 Å². The van der Waals surface area contributed by atoms with Crippen LogP contribution in [0.2, 0.25) is 5.02 Å². The first-order valence-electron chi connectivity index (χ1n) is 9.30. The summed E-state index contributed by atoms with van der Waals surface area (Å²) in [5, 5.41) is 7.99. The molecular formula is C19H19ClN4O6S2. The van der Waals surface area contributed by atoms with Gasteiger partial charge >= 0.3 is 0 Å². The van der Waals surface area contributed by atoms with Crippen LogP contribution >= 0.6 is 22.9 Å². The number of anilines is 2. The van der Waals surface area contributed by atoms with E-state index in [1.165, 1.54) is 11.4 Å². The van der Waals surface area contributed by atoms with Crippen molar-refractivity contribution in [1.82, 2.24) is 5.16 Å². The Hall–Kier alpha value is -2.80. The van der Waals surface area contributed by atoms with Crippen LogP contribution in [-0.4, -0.2) is 26.3 Å². The van der Waals surface area contributed by atoms with Gasteiger partial charge in [0.1, 0.15) is 20.6 Å². The normalized spacial score (nSPS) is 12.8. The van der Waals surface area contributed by atoms with Crippen LogP contribution < -0.4 is 25.2 Å². The highest BCUT2D eigenvalue weighted by Crippen LogP contribution is 2.43. The lowest BCUT2D eigenvalue weighted by Crippen LogP contribution is -2.19. The Morgan fingerprint density at radius 1 is 1.25 bits per heavy atom. The molecule has 0 aliphatic carbocycles. The van der Waals surface area contributed by atoms with Crippen LogP contribution in [0, 0.1) is 20.8 Å². The summed E-state index contributed by atoms with van der Waals surface area (Å²) in [6, 6.07) is 1.36. The molecule has 0 fully saturated rings. The molecule has 1 aliphatic heterocycles. The van der Waals surface area contributed by atoms with Crippen LogP contribution in [0.15, 0.2) is 20.9 Å². The maximum atomic E-state index is 13.2. The van der Waals surface area contributed by atoms with E-state index < -0.39 is 15.9 Å². The number of carbonyl (C=O) groups is 1. The van der Waals surface area contributed by atoms with Crippen molar-refractivity contribution < 1.29 is 27.2 Å². The van der Waals surface area contributed by atoms with Gasteiger partial charge in [-0.05, 0) is 43.3 Å². The summed E-state index contributed by atoms with van der Waals surface area (Å²) in [4.78, 5) is 13.1. The molecule has 3 heterocycles. The smallest absolute Gasteiger partial charge is 0.267 e. The van der Waals surface area contributed by atoms with Crippen molar-refractivity contribution in [2.24, 2.45) is 5.73 Å². The number of benzene rings is 1. The van der Waals surface area contributed by atoms with Crippen molar-refractivity contribution in [3.8, 4) is 11.5 Å². The summed E-state index contributed by atoms with van der Waals surface area (Å²) in [7, 11) is -4.12. The molecule has 1 amide bonds. The minimum absolute atomic E-state index is 0.0363. The Morgan fingerprint density at radius 2 is 1.97 bits per heavy atom. The third-order valence-corrected chi connectivity index (χ3v) is 7.88. The average Bonchev–Trinajstić information content (AvgIpc) is 3.47. The molecule has 0 saturated heterocycles. The zero-order valence-electron chi connectivity index (χ0n) is 17.2. The summed E-state index contributed by atoms with van der Waals surface area (Å²) < 4.78 is 44.0. The summed E-state index contributed by atoms with van der Waals surface area (Å²) in [6.45, 7) is 5.37. The van der Waals surface area contributed by atoms with E-state index in [0.29, 0.717) is 17.0 Å². The summed E-state index contributed by atoms with van der Waals surface area (Å²) in [5.41, 5.74) is 8.66. The highest BCUT2D eigenvalue weighted by atomic mass is 35.5. The molecule has 2 aromatic heterocycles. The number of aromatic nitrogens is 1. The van der Waals surface area contributed by atoms with Crippen LogP contribution in [0.1, 0.15) is 32.7 Å². The zero-order chi connectivity index (χ0) is 23.2. The molecular weight excluding hydrogens is 480 g/mol. The fraction of sp³-hybridized carbons (Fsp3) is 0.263. The summed E-state index contributed by atoms with van der Waals surface area (Å²) in [6.07, 6.45) is 0. The molecule has 32 heavy (non-hydrogen) atoms. The minimum Gasteiger partial charge on any atom is -0.453 e. The second-order valence-electron chi connectivity index (χ2n) is 6.96. The van der Waals surface area contributed by atoms with E-state index in [1.807, 2.05) is 6.92 Å². The summed E-state index contributed by atoms with van der Waals surface area (Å²) >= 11 is 7.05. The van der Waals surface area contributed by atoms with Crippen molar-refractivity contribution in [1.29, 1.82) is 0 Å². The first kappa shape index (κ1) is 22.4. The molecule has 0 radical (unpaired) electrons. The molecule has 4 N–H and O–H groups in total. The van der Waals surface area contributed by atoms with Crippen molar-refractivity contribution in [3.63, 3.8) is 0 Å². The lowest BCUT2D eigenvalue weighted by molar-refractivity contribution is 0.102. The molecule has 3 aromatic rings. The fourth-order valence-electron chi connectivity index (χ4n) is 3.33. The van der Waals surface area contributed by atoms with Gasteiger partial charge in [0.15, 0.2) is 11.5 Å². The number of aryl methyl sites for hydroxylation is 1. The van der Waals surface area contributed by atoms with Crippen molar-refractivity contribution in [2.75, 3.05) is 16.8 Å². The number of sulfonamides is 1. The molecule has 0 saturated carbocycles. The summed E-state index contributed by atoms with van der Waals surface area (Å²) in [5.74, 6) is -0.0333. The van der Waals surface area contributed by atoms with Crippen LogP contribution in [0.5, 0.6) is 11.5 Å². The topological polar surface area (TPSA) is 146 Å². The van der Waals surface area contributed by atoms with Gasteiger partial charge < -0.3 is 25.0 Å². The molecule has 0 atom stereocenters. The zero-order valence-corrected chi connectivity index (χ0v) is 19.6. The Kier molecular flexibility index (Phi) is 5.79. The predicted octanol–water partition coefficient (Wildman–Crippen LogP) is 3.56. The number of nitrogens with one attached hydrogen (secondary N) is 2. The molecule has 10 nitrogen and oxygen atoms in total. The largest absolute Gasteiger partial charge is 0.453 e. The first-order valence-corrected chi connectivity index (χ1v) is 12.0. The van der Waals surface area contributed by atoms with Crippen LogP contribution in [0.3, 0.4) is 0 Å². The van der Waals surface area contributed by atoms with E-state index in [-0.39, 0.29) is 45.5 Å². The van der Waals surface area contributed by atoms with Crippen molar-refractivity contribution >= 4 is 49.8 Å². The van der Waals surface area contributed by atoms with Gasteiger partial charge in [0, 0.05) is 12.1 Å². The molecule has 170 valence electrons. The van der Waals surface area contributed by atoms with E-state index in [2.05, 4.69) is 15.2 Å². The maximum Gasteiger partial charge on any atom is 0.267 e. The molecule has 1 aromatic carbocycles. The Morgan fingerprint density at radius 3 is 2.62 bits per heavy atom. The Labute approximate surface area is 192 Å². The number of ether oxygens (including phenoxy) is 2. The molecule has 1 aliphatic rings. The van der Waals surface area contributed by atoms with E-state index in [1.54, 1.807) is 13.8 Å². The minimum atomic E-state index is -4.12. The average molecular weight is 499 g/mol. The number of halogens is 1. The van der Waals surface area contributed by atoms with E-state index in [0.717, 1.165) is 22.5 Å². The predicted molar refractivity (Wildman–Crippen MR) is 119 cm³/mol. The van der Waals surface area contributed by atoms with Crippen LogP contribution in [0.4, 0.5) is 10.9 Å². The number of nitrogens with zero attached hydrogens (tertiary/aromatic N) is 1. The van der Waals surface area contributed by atoms with Crippen molar-refractivity contribution in [3.05, 3.63) is 44.4 Å². The van der Waals surface area contributed by atoms with Gasteiger partial charge in [-0.1, -0.05) is 16.8 Å². The molecule has 0 unspecified atom stereocenters. The Bertz CT molecular complexity index is 1330. The number of carbonyl (C=O) groups excluding carboxylic acids is 1. The lowest BCUT2D eigenvalue weighted by atomic mass is 9.95. The molecule has 0 spiro atoms. The number of hydrogen-bond donors (Lipinski definition) is 3. The first-order chi connectivity index (χ1) is 15.2. The standard InChI is InChI=1S/C19H19ClN4O6S2/c1-8-9(2)13(16-15(11(8)6-21)28-7-29-16)17(25)22-19-12(4-5-31-19)32(26,27)24-18-14(20)10(3)23-30-18/h4-5,24H,6-7,21H2,1-3H3,(H,22,25). The maximum absolute atomic E-state index is 13.2. The number of thiophene rings is 1. The highest BCUT2D eigenvalue weighted by Gasteiger charge is 2.31. The number of fused-ring (bicyclic) bond motifs is 1. The monoisotopic (exact) mass is 498 g/mol. The number of amides is 1. The van der Waals surface area contributed by atoms with Gasteiger partial charge in [-0.3, -0.25) is 4.79 Å². The number of rotatable bonds is 6. The van der Waals surface area contributed by atoms with Crippen LogP contribution in [0.25, 0.3) is 0 Å². The highest BCUT2D eigenvalue weighted by molar-refractivity contribution is 7.93. The number of nitrogens with two attached hydrogens (primary N) is 1. The van der Waals surface area contributed by atoms with Gasteiger partial charge in [-0.15, -0.1) is 11.3 Å². The fourth-order valence-corrected chi connectivity index (χ4v) is 5.77. The third kappa shape index (κ3) is 3.68. The van der Waals surface area contributed by atoms with Gasteiger partial charge in [-0.2, -0.15) is 0 Å². The van der Waals surface area contributed by atoms with Crippen LogP contribution in [-0.2, 0) is 16.6 Å². The molecule has 4 rings (SSSR count). The van der Waals surface area contributed by atoms with E-state index >= 15 is 0 Å². The molecule has 13 heteroatoms.